The molecular formula is C26H27N3O5. The summed E-state index contributed by atoms with van der Waals surface area (Å²) in [6, 6.07) is 12.9. The van der Waals surface area contributed by atoms with Gasteiger partial charge in [0.05, 0.1) is 13.2 Å². The van der Waals surface area contributed by atoms with Gasteiger partial charge in [0.15, 0.2) is 0 Å². The number of fused-ring (bicyclic) bond motifs is 1. The molecule has 0 aromatic heterocycles. The molecule has 0 bridgehead atoms. The molecule has 3 aliphatic heterocycles. The average Bonchev–Trinajstić information content (AvgIpc) is 3.17. The Balaban J connectivity index is 1.23. The molecule has 1 N–H and O–H groups in total. The van der Waals surface area contributed by atoms with E-state index in [1.165, 1.54) is 0 Å². The Morgan fingerprint density at radius 2 is 1.88 bits per heavy atom. The third-order valence-electron chi connectivity index (χ3n) is 6.53. The minimum atomic E-state index is -0.496. The van der Waals surface area contributed by atoms with Gasteiger partial charge in [-0.05, 0) is 36.1 Å². The third kappa shape index (κ3) is 4.41. The van der Waals surface area contributed by atoms with Crippen LogP contribution < -0.4 is 10.1 Å². The topological polar surface area (TPSA) is 88.2 Å². The van der Waals surface area contributed by atoms with Gasteiger partial charge in [-0.1, -0.05) is 36.9 Å². The van der Waals surface area contributed by atoms with Crippen LogP contribution in [0.3, 0.4) is 0 Å². The Hall–Kier alpha value is -3.65. The number of piperidine rings is 1. The molecule has 0 saturated carbocycles. The van der Waals surface area contributed by atoms with Crippen LogP contribution in [0.5, 0.6) is 5.75 Å². The van der Waals surface area contributed by atoms with Crippen LogP contribution >= 0.6 is 0 Å². The number of nitrogens with zero attached hydrogens (tertiary/aromatic N) is 2. The Morgan fingerprint density at radius 3 is 2.65 bits per heavy atom. The largest absolute Gasteiger partial charge is 0.489 e. The number of hydrogen-bond donors (Lipinski definition) is 1. The molecule has 0 aliphatic carbocycles. The van der Waals surface area contributed by atoms with Crippen LogP contribution in [0.2, 0.25) is 0 Å². The first-order valence-electron chi connectivity index (χ1n) is 11.5. The normalized spacial score (nSPS) is 20.4. The van der Waals surface area contributed by atoms with E-state index >= 15 is 0 Å². The molecule has 176 valence electrons. The number of ether oxygens (including phenoxy) is 2. The summed E-state index contributed by atoms with van der Waals surface area (Å²) >= 11 is 0. The SMILES string of the molecule is C=C1CCC(N2Cc3c(OCc4ccc(CN5CCOCC5=O)cc4)cccc3C2=O)C(=O)N1. The van der Waals surface area contributed by atoms with Gasteiger partial charge in [-0.3, -0.25) is 14.4 Å². The summed E-state index contributed by atoms with van der Waals surface area (Å²) < 4.78 is 11.3. The molecule has 1 unspecified atom stereocenters. The Bertz CT molecular complexity index is 1140. The first-order chi connectivity index (χ1) is 16.5. The summed E-state index contributed by atoms with van der Waals surface area (Å²) in [5.41, 5.74) is 4.12. The number of benzene rings is 2. The van der Waals surface area contributed by atoms with Crippen molar-refractivity contribution in [3.8, 4) is 5.75 Å². The molecular weight excluding hydrogens is 434 g/mol. The number of nitrogens with one attached hydrogen (secondary N) is 1. The molecule has 2 saturated heterocycles. The quantitative estimate of drug-likeness (QED) is 0.714. The van der Waals surface area contributed by atoms with E-state index in [0.717, 1.165) is 16.7 Å². The second-order valence-corrected chi connectivity index (χ2v) is 8.84. The first-order valence-corrected chi connectivity index (χ1v) is 11.5. The maximum Gasteiger partial charge on any atom is 0.255 e. The number of carbonyl (C=O) groups excluding carboxylic acids is 3. The van der Waals surface area contributed by atoms with Crippen LogP contribution in [0.4, 0.5) is 0 Å². The number of allylic oxidation sites excluding steroid dienone is 1. The van der Waals surface area contributed by atoms with E-state index in [4.69, 9.17) is 9.47 Å². The zero-order valence-corrected chi connectivity index (χ0v) is 18.9. The summed E-state index contributed by atoms with van der Waals surface area (Å²) in [5, 5.41) is 2.76. The zero-order chi connectivity index (χ0) is 23.7. The highest BCUT2D eigenvalue weighted by Gasteiger charge is 2.39. The van der Waals surface area contributed by atoms with Crippen molar-refractivity contribution in [2.45, 2.75) is 38.6 Å². The molecule has 1 atom stereocenters. The van der Waals surface area contributed by atoms with Crippen molar-refractivity contribution in [2.24, 2.45) is 0 Å². The lowest BCUT2D eigenvalue weighted by molar-refractivity contribution is -0.143. The van der Waals surface area contributed by atoms with Crippen molar-refractivity contribution < 1.29 is 23.9 Å². The van der Waals surface area contributed by atoms with E-state index in [1.807, 2.05) is 30.3 Å². The van der Waals surface area contributed by atoms with Crippen molar-refractivity contribution in [2.75, 3.05) is 19.8 Å². The van der Waals surface area contributed by atoms with E-state index in [1.54, 1.807) is 21.9 Å². The van der Waals surface area contributed by atoms with Gasteiger partial charge in [0.2, 0.25) is 11.8 Å². The summed E-state index contributed by atoms with van der Waals surface area (Å²) in [6.45, 7) is 6.40. The summed E-state index contributed by atoms with van der Waals surface area (Å²) in [7, 11) is 0. The van der Waals surface area contributed by atoms with E-state index < -0.39 is 6.04 Å². The second-order valence-electron chi connectivity index (χ2n) is 8.84. The molecule has 3 aliphatic rings. The standard InChI is InChI=1S/C26H27N3O5/c1-17-5-10-22(25(31)27-17)29-14-21-20(26(29)32)3-2-4-23(21)34-15-19-8-6-18(7-9-19)13-28-11-12-33-16-24(28)30/h2-4,6-9,22H,1,5,10-16H2,(H,27,31). The Labute approximate surface area is 198 Å². The highest BCUT2D eigenvalue weighted by molar-refractivity contribution is 6.02. The predicted octanol–water partition coefficient (Wildman–Crippen LogP) is 2.37. The lowest BCUT2D eigenvalue weighted by atomic mass is 10.0. The summed E-state index contributed by atoms with van der Waals surface area (Å²) in [4.78, 5) is 40.8. The van der Waals surface area contributed by atoms with E-state index in [-0.39, 0.29) is 24.3 Å². The van der Waals surface area contributed by atoms with Crippen molar-refractivity contribution >= 4 is 17.7 Å². The molecule has 2 aromatic rings. The zero-order valence-electron chi connectivity index (χ0n) is 18.9. The highest BCUT2D eigenvalue weighted by Crippen LogP contribution is 2.34. The molecule has 3 amide bonds. The fraction of sp³-hybridized carbons (Fsp3) is 0.346. The molecule has 0 radical (unpaired) electrons. The maximum absolute atomic E-state index is 13.0. The molecule has 8 nitrogen and oxygen atoms in total. The molecule has 2 fully saturated rings. The van der Waals surface area contributed by atoms with Crippen molar-refractivity contribution in [1.29, 1.82) is 0 Å². The van der Waals surface area contributed by atoms with Crippen molar-refractivity contribution in [1.82, 2.24) is 15.1 Å². The van der Waals surface area contributed by atoms with Gasteiger partial charge < -0.3 is 24.6 Å². The van der Waals surface area contributed by atoms with Crippen LogP contribution in [0.25, 0.3) is 0 Å². The minimum Gasteiger partial charge on any atom is -0.489 e. The van der Waals surface area contributed by atoms with Gasteiger partial charge in [0.1, 0.15) is 25.0 Å². The summed E-state index contributed by atoms with van der Waals surface area (Å²) in [6.07, 6.45) is 1.23. The fourth-order valence-corrected chi connectivity index (χ4v) is 4.61. The fourth-order valence-electron chi connectivity index (χ4n) is 4.61. The second kappa shape index (κ2) is 9.30. The van der Waals surface area contributed by atoms with Crippen LogP contribution in [-0.4, -0.2) is 53.3 Å². The van der Waals surface area contributed by atoms with E-state index in [2.05, 4.69) is 11.9 Å². The molecule has 3 heterocycles. The number of hydrogen-bond acceptors (Lipinski definition) is 5. The maximum atomic E-state index is 13.0. The smallest absolute Gasteiger partial charge is 0.255 e. The van der Waals surface area contributed by atoms with Crippen LogP contribution in [0, 0.1) is 0 Å². The van der Waals surface area contributed by atoms with Gasteiger partial charge in [-0.15, -0.1) is 0 Å². The van der Waals surface area contributed by atoms with Gasteiger partial charge in [-0.25, -0.2) is 0 Å². The van der Waals surface area contributed by atoms with Gasteiger partial charge in [0, 0.05) is 29.9 Å². The lowest BCUT2D eigenvalue weighted by Crippen LogP contribution is -2.49. The molecule has 5 rings (SSSR count). The van der Waals surface area contributed by atoms with E-state index in [0.29, 0.717) is 62.7 Å². The lowest BCUT2D eigenvalue weighted by Gasteiger charge is -2.31. The van der Waals surface area contributed by atoms with Gasteiger partial charge in [0.25, 0.3) is 5.91 Å². The van der Waals surface area contributed by atoms with Crippen molar-refractivity contribution in [3.05, 3.63) is 77.0 Å². The predicted molar refractivity (Wildman–Crippen MR) is 124 cm³/mol. The van der Waals surface area contributed by atoms with Crippen molar-refractivity contribution in [3.63, 3.8) is 0 Å². The first kappa shape index (κ1) is 22.2. The van der Waals surface area contributed by atoms with Crippen LogP contribution in [0.15, 0.2) is 54.7 Å². The number of amides is 3. The molecule has 8 heteroatoms. The van der Waals surface area contributed by atoms with Gasteiger partial charge >= 0.3 is 0 Å². The third-order valence-corrected chi connectivity index (χ3v) is 6.53. The van der Waals surface area contributed by atoms with Crippen LogP contribution in [0.1, 0.15) is 39.9 Å². The number of rotatable bonds is 6. The number of carbonyl (C=O) groups is 3. The number of morpholine rings is 1. The molecule has 0 spiro atoms. The summed E-state index contributed by atoms with van der Waals surface area (Å²) in [5.74, 6) is 0.335. The van der Waals surface area contributed by atoms with Gasteiger partial charge in [-0.2, -0.15) is 0 Å². The molecule has 2 aromatic carbocycles. The van der Waals surface area contributed by atoms with Crippen LogP contribution in [-0.2, 0) is 34.0 Å². The average molecular weight is 462 g/mol. The highest BCUT2D eigenvalue weighted by atomic mass is 16.5. The van der Waals surface area contributed by atoms with E-state index in [9.17, 15) is 14.4 Å². The monoisotopic (exact) mass is 461 g/mol. The Kier molecular flexibility index (Phi) is 6.06. The Morgan fingerprint density at radius 1 is 1.09 bits per heavy atom. The molecule has 34 heavy (non-hydrogen) atoms. The minimum absolute atomic E-state index is 0.0100.